The van der Waals surface area contributed by atoms with Gasteiger partial charge in [0.05, 0.1) is 24.9 Å². The Labute approximate surface area is 178 Å². The van der Waals surface area contributed by atoms with E-state index < -0.39 is 5.60 Å². The fourth-order valence-corrected chi connectivity index (χ4v) is 4.29. The maximum absolute atomic E-state index is 12.9. The normalized spacial score (nSPS) is 20.6. The predicted molar refractivity (Wildman–Crippen MR) is 115 cm³/mol. The first-order chi connectivity index (χ1) is 14.2. The van der Waals surface area contributed by atoms with Crippen LogP contribution >= 0.6 is 0 Å². The molecule has 0 N–H and O–H groups in total. The molecule has 164 valence electrons. The zero-order chi connectivity index (χ0) is 21.5. The standard InChI is InChI=1S/C22H33N5O3/c1-15-16(2)23-19-14-17(24-27(19)20(15)25-10-12-29-13-11-25)18-8-6-7-9-26(18)21(28)30-22(3,4)5/h14,18H,6-13H2,1-5H3/t18-/m0/s1. The number of morpholine rings is 1. The number of hydrogen-bond acceptors (Lipinski definition) is 6. The van der Waals surface area contributed by atoms with Gasteiger partial charge in [0, 0.05) is 37.0 Å². The first kappa shape index (κ1) is 20.9. The van der Waals surface area contributed by atoms with E-state index in [1.54, 1.807) is 0 Å². The lowest BCUT2D eigenvalue weighted by Crippen LogP contribution is -2.42. The van der Waals surface area contributed by atoms with Crippen molar-refractivity contribution in [3.8, 4) is 0 Å². The number of piperidine rings is 1. The third kappa shape index (κ3) is 4.10. The van der Waals surface area contributed by atoms with Crippen LogP contribution in [0.3, 0.4) is 0 Å². The molecule has 0 bridgehead atoms. The van der Waals surface area contributed by atoms with Crippen molar-refractivity contribution >= 4 is 17.6 Å². The molecule has 8 heteroatoms. The van der Waals surface area contributed by atoms with Crippen molar-refractivity contribution in [2.24, 2.45) is 0 Å². The second-order valence-electron chi connectivity index (χ2n) is 9.27. The molecule has 0 unspecified atom stereocenters. The Morgan fingerprint density at radius 3 is 2.60 bits per heavy atom. The molecule has 2 aromatic rings. The molecule has 2 saturated heterocycles. The Hall–Kier alpha value is -2.35. The molecule has 0 aliphatic carbocycles. The molecular weight excluding hydrogens is 382 g/mol. The maximum atomic E-state index is 12.9. The molecule has 4 heterocycles. The summed E-state index contributed by atoms with van der Waals surface area (Å²) >= 11 is 0. The van der Waals surface area contributed by atoms with Crippen LogP contribution in [0.2, 0.25) is 0 Å². The summed E-state index contributed by atoms with van der Waals surface area (Å²) in [6.45, 7) is 13.6. The van der Waals surface area contributed by atoms with Gasteiger partial charge in [0.25, 0.3) is 0 Å². The molecular formula is C22H33N5O3. The van der Waals surface area contributed by atoms with E-state index in [9.17, 15) is 4.79 Å². The number of anilines is 1. The second-order valence-corrected chi connectivity index (χ2v) is 9.27. The number of hydrogen-bond donors (Lipinski definition) is 0. The number of ether oxygens (including phenoxy) is 2. The van der Waals surface area contributed by atoms with Gasteiger partial charge in [-0.1, -0.05) is 0 Å². The van der Waals surface area contributed by atoms with Crippen molar-refractivity contribution < 1.29 is 14.3 Å². The Morgan fingerprint density at radius 2 is 1.90 bits per heavy atom. The van der Waals surface area contributed by atoms with Crippen LogP contribution in [0.1, 0.15) is 63.0 Å². The number of fused-ring (bicyclic) bond motifs is 1. The Morgan fingerprint density at radius 1 is 1.17 bits per heavy atom. The molecule has 1 atom stereocenters. The average Bonchev–Trinajstić information content (AvgIpc) is 3.11. The first-order valence-corrected chi connectivity index (χ1v) is 10.9. The van der Waals surface area contributed by atoms with Crippen LogP contribution in [0.4, 0.5) is 10.6 Å². The highest BCUT2D eigenvalue weighted by Crippen LogP contribution is 2.33. The van der Waals surface area contributed by atoms with Crippen LogP contribution in [0.5, 0.6) is 0 Å². The summed E-state index contributed by atoms with van der Waals surface area (Å²) < 4.78 is 13.2. The molecule has 2 aromatic heterocycles. The van der Waals surface area contributed by atoms with Crippen LogP contribution in [-0.2, 0) is 9.47 Å². The number of carbonyl (C=O) groups excluding carboxylic acids is 1. The smallest absolute Gasteiger partial charge is 0.410 e. The topological polar surface area (TPSA) is 72.2 Å². The molecule has 0 saturated carbocycles. The summed E-state index contributed by atoms with van der Waals surface area (Å²) in [6.07, 6.45) is 2.67. The van der Waals surface area contributed by atoms with Crippen molar-refractivity contribution in [3.63, 3.8) is 0 Å². The van der Waals surface area contributed by atoms with Crippen LogP contribution in [0.15, 0.2) is 6.07 Å². The quantitative estimate of drug-likeness (QED) is 0.746. The first-order valence-electron chi connectivity index (χ1n) is 10.9. The number of aryl methyl sites for hydroxylation is 1. The number of nitrogens with zero attached hydrogens (tertiary/aromatic N) is 5. The minimum Gasteiger partial charge on any atom is -0.444 e. The fourth-order valence-electron chi connectivity index (χ4n) is 4.29. The van der Waals surface area contributed by atoms with Gasteiger partial charge in [-0.3, -0.25) is 4.90 Å². The van der Waals surface area contributed by atoms with Crippen LogP contribution in [-0.4, -0.2) is 64.0 Å². The zero-order valence-electron chi connectivity index (χ0n) is 18.8. The van der Waals surface area contributed by atoms with E-state index in [1.165, 1.54) is 0 Å². The second kappa shape index (κ2) is 8.06. The van der Waals surface area contributed by atoms with E-state index in [2.05, 4.69) is 11.8 Å². The molecule has 4 rings (SSSR count). The van der Waals surface area contributed by atoms with Gasteiger partial charge in [0.1, 0.15) is 11.4 Å². The molecule has 2 fully saturated rings. The third-order valence-corrected chi connectivity index (χ3v) is 5.85. The average molecular weight is 416 g/mol. The predicted octanol–water partition coefficient (Wildman–Crippen LogP) is 3.64. The number of carbonyl (C=O) groups is 1. The van der Waals surface area contributed by atoms with Gasteiger partial charge in [0.15, 0.2) is 5.65 Å². The molecule has 30 heavy (non-hydrogen) atoms. The third-order valence-electron chi connectivity index (χ3n) is 5.85. The summed E-state index contributed by atoms with van der Waals surface area (Å²) in [7, 11) is 0. The lowest BCUT2D eigenvalue weighted by molar-refractivity contribution is 0.00897. The fraction of sp³-hybridized carbons (Fsp3) is 0.682. The zero-order valence-corrected chi connectivity index (χ0v) is 18.8. The molecule has 2 aliphatic heterocycles. The Kier molecular flexibility index (Phi) is 5.61. The molecule has 0 aromatic carbocycles. The Bertz CT molecular complexity index is 927. The van der Waals surface area contributed by atoms with Crippen molar-refractivity contribution in [1.29, 1.82) is 0 Å². The highest BCUT2D eigenvalue weighted by Gasteiger charge is 2.33. The number of rotatable bonds is 2. The van der Waals surface area contributed by atoms with Crippen molar-refractivity contribution in [2.75, 3.05) is 37.7 Å². The van der Waals surface area contributed by atoms with E-state index in [4.69, 9.17) is 19.6 Å². The molecule has 0 spiro atoms. The van der Waals surface area contributed by atoms with Gasteiger partial charge >= 0.3 is 6.09 Å². The summed E-state index contributed by atoms with van der Waals surface area (Å²) in [5.41, 5.74) is 3.32. The number of amides is 1. The van der Waals surface area contributed by atoms with Crippen LogP contribution in [0.25, 0.3) is 5.65 Å². The van der Waals surface area contributed by atoms with Gasteiger partial charge in [-0.2, -0.15) is 9.61 Å². The van der Waals surface area contributed by atoms with E-state index in [-0.39, 0.29) is 12.1 Å². The molecule has 1 amide bonds. The van der Waals surface area contributed by atoms with Gasteiger partial charge < -0.3 is 14.4 Å². The maximum Gasteiger partial charge on any atom is 0.410 e. The minimum atomic E-state index is -0.517. The lowest BCUT2D eigenvalue weighted by atomic mass is 10.00. The number of likely N-dealkylation sites (tertiary alicyclic amines) is 1. The monoisotopic (exact) mass is 415 g/mol. The van der Waals surface area contributed by atoms with Gasteiger partial charge in [-0.05, 0) is 53.9 Å². The summed E-state index contributed by atoms with van der Waals surface area (Å²) in [4.78, 5) is 21.8. The number of aromatic nitrogens is 3. The SMILES string of the molecule is Cc1nc2cc([C@@H]3CCCCN3C(=O)OC(C)(C)C)nn2c(N2CCOCC2)c1C. The van der Waals surface area contributed by atoms with E-state index >= 15 is 0 Å². The van der Waals surface area contributed by atoms with E-state index in [1.807, 2.05) is 43.2 Å². The molecule has 2 aliphatic rings. The molecule has 8 nitrogen and oxygen atoms in total. The highest BCUT2D eigenvalue weighted by atomic mass is 16.6. The largest absolute Gasteiger partial charge is 0.444 e. The Balaban J connectivity index is 1.72. The van der Waals surface area contributed by atoms with Gasteiger partial charge in [-0.15, -0.1) is 0 Å². The molecule has 0 radical (unpaired) electrons. The summed E-state index contributed by atoms with van der Waals surface area (Å²) in [5, 5.41) is 4.96. The van der Waals surface area contributed by atoms with Gasteiger partial charge in [-0.25, -0.2) is 9.78 Å². The lowest BCUT2D eigenvalue weighted by Gasteiger charge is -2.35. The van der Waals surface area contributed by atoms with Crippen molar-refractivity contribution in [1.82, 2.24) is 19.5 Å². The van der Waals surface area contributed by atoms with E-state index in [0.29, 0.717) is 19.8 Å². The minimum absolute atomic E-state index is 0.0894. The highest BCUT2D eigenvalue weighted by molar-refractivity contribution is 5.69. The van der Waals surface area contributed by atoms with E-state index in [0.717, 1.165) is 60.8 Å². The van der Waals surface area contributed by atoms with Crippen LogP contribution in [0, 0.1) is 13.8 Å². The van der Waals surface area contributed by atoms with Crippen LogP contribution < -0.4 is 4.90 Å². The van der Waals surface area contributed by atoms with Crippen molar-refractivity contribution in [2.45, 2.75) is 65.5 Å². The van der Waals surface area contributed by atoms with Gasteiger partial charge in [0.2, 0.25) is 0 Å². The van der Waals surface area contributed by atoms with Crippen molar-refractivity contribution in [3.05, 3.63) is 23.0 Å². The summed E-state index contributed by atoms with van der Waals surface area (Å²) in [5.74, 6) is 1.08. The summed E-state index contributed by atoms with van der Waals surface area (Å²) in [6, 6.07) is 1.94.